The first-order valence-corrected chi connectivity index (χ1v) is 8.53. The Morgan fingerprint density at radius 1 is 1.23 bits per heavy atom. The Labute approximate surface area is 150 Å². The van der Waals surface area contributed by atoms with Gasteiger partial charge < -0.3 is 15.5 Å². The van der Waals surface area contributed by atoms with Crippen molar-refractivity contribution in [2.45, 2.75) is 17.8 Å². The van der Waals surface area contributed by atoms with Crippen LogP contribution in [0.4, 0.5) is 4.39 Å². The predicted molar refractivity (Wildman–Crippen MR) is 87.9 cm³/mol. The lowest BCUT2D eigenvalue weighted by Crippen LogP contribution is -2.70. The summed E-state index contributed by atoms with van der Waals surface area (Å²) >= 11 is 1.01. The van der Waals surface area contributed by atoms with Gasteiger partial charge in [-0.3, -0.25) is 14.5 Å². The van der Waals surface area contributed by atoms with Crippen LogP contribution in [0.2, 0.25) is 0 Å². The maximum Gasteiger partial charge on any atom is 0.355 e. The van der Waals surface area contributed by atoms with E-state index in [1.165, 1.54) is 18.2 Å². The van der Waals surface area contributed by atoms with Crippen LogP contribution >= 0.6 is 11.8 Å². The van der Waals surface area contributed by atoms with Crippen molar-refractivity contribution in [1.29, 1.82) is 0 Å². The van der Waals surface area contributed by atoms with Crippen molar-refractivity contribution in [2.75, 3.05) is 5.75 Å². The van der Waals surface area contributed by atoms with Crippen LogP contribution in [-0.2, 0) is 20.8 Å². The average molecular weight is 380 g/mol. The number of halogens is 1. The Kier molecular flexibility index (Phi) is 4.68. The highest BCUT2D eigenvalue weighted by Gasteiger charge is 2.54. The van der Waals surface area contributed by atoms with Gasteiger partial charge in [0.2, 0.25) is 5.91 Å². The molecular formula is C16H13FN2O6S. The first kappa shape index (κ1) is 17.9. The number of fused-ring (bicyclic) bond motifs is 1. The molecule has 1 aromatic rings. The van der Waals surface area contributed by atoms with Gasteiger partial charge in [0.15, 0.2) is 5.70 Å². The summed E-state index contributed by atoms with van der Waals surface area (Å²) < 4.78 is 13.7. The molecule has 0 bridgehead atoms. The number of thioether (sulfide) groups is 1. The number of β-lactam (4-membered cyclic amide) rings is 1. The second-order valence-corrected chi connectivity index (χ2v) is 6.76. The Balaban J connectivity index is 1.70. The number of carbonyl (C=O) groups excluding carboxylic acids is 2. The third-order valence-corrected chi connectivity index (χ3v) is 5.28. The van der Waals surface area contributed by atoms with E-state index in [9.17, 15) is 23.6 Å². The normalized spacial score (nSPS) is 21.7. The molecule has 1 aromatic carbocycles. The van der Waals surface area contributed by atoms with Gasteiger partial charge in [-0.25, -0.2) is 14.0 Å². The quantitative estimate of drug-likeness (QED) is 0.639. The zero-order valence-corrected chi connectivity index (χ0v) is 14.0. The number of nitrogens with zero attached hydrogens (tertiary/aromatic N) is 1. The van der Waals surface area contributed by atoms with E-state index >= 15 is 0 Å². The van der Waals surface area contributed by atoms with Crippen LogP contribution in [0.25, 0.3) is 0 Å². The molecule has 0 aromatic heterocycles. The summed E-state index contributed by atoms with van der Waals surface area (Å²) in [5, 5.41) is 19.9. The summed E-state index contributed by atoms with van der Waals surface area (Å²) in [7, 11) is 0. The first-order valence-electron chi connectivity index (χ1n) is 7.48. The van der Waals surface area contributed by atoms with E-state index in [1.807, 2.05) is 0 Å². The van der Waals surface area contributed by atoms with Crippen molar-refractivity contribution in [1.82, 2.24) is 10.2 Å². The standard InChI is InChI=1S/C16H13FN2O6S/c17-9-6-26-14-11(13(21)19(14)12(9)16(24)25)18-10(20)5-7-3-1-2-4-8(7)15(22)23/h1-4,11,14H,5-6H2,(H,18,20)(H,22,23)(H,24,25)/t11?,14-/m1/s1. The van der Waals surface area contributed by atoms with Crippen molar-refractivity contribution in [3.05, 3.63) is 46.9 Å². The number of aromatic carboxylic acids is 1. The van der Waals surface area contributed by atoms with Gasteiger partial charge in [-0.2, -0.15) is 0 Å². The zero-order valence-electron chi connectivity index (χ0n) is 13.1. The fraction of sp³-hybridized carbons (Fsp3) is 0.250. The Morgan fingerprint density at radius 2 is 1.92 bits per heavy atom. The number of nitrogens with one attached hydrogen (secondary N) is 1. The summed E-state index contributed by atoms with van der Waals surface area (Å²) in [5.41, 5.74) is -0.426. The topological polar surface area (TPSA) is 124 Å². The van der Waals surface area contributed by atoms with E-state index in [0.717, 1.165) is 16.7 Å². The molecule has 10 heteroatoms. The van der Waals surface area contributed by atoms with Crippen molar-refractivity contribution in [2.24, 2.45) is 0 Å². The average Bonchev–Trinajstić information content (AvgIpc) is 2.59. The van der Waals surface area contributed by atoms with Gasteiger partial charge in [-0.1, -0.05) is 18.2 Å². The Morgan fingerprint density at radius 3 is 2.58 bits per heavy atom. The number of benzene rings is 1. The molecular weight excluding hydrogens is 367 g/mol. The third-order valence-electron chi connectivity index (χ3n) is 4.04. The fourth-order valence-corrected chi connectivity index (χ4v) is 4.05. The molecule has 2 heterocycles. The van der Waals surface area contributed by atoms with Gasteiger partial charge in [0.25, 0.3) is 5.91 Å². The lowest BCUT2D eigenvalue weighted by molar-refractivity contribution is -0.150. The molecule has 0 aliphatic carbocycles. The Hall–Kier alpha value is -2.88. The van der Waals surface area contributed by atoms with Crippen LogP contribution in [0.15, 0.2) is 35.8 Å². The van der Waals surface area contributed by atoms with Crippen LogP contribution in [0.1, 0.15) is 15.9 Å². The largest absolute Gasteiger partial charge is 0.478 e. The molecule has 1 saturated heterocycles. The summed E-state index contributed by atoms with van der Waals surface area (Å²) in [6.45, 7) is 0. The second-order valence-electron chi connectivity index (χ2n) is 5.65. The highest BCUT2D eigenvalue weighted by molar-refractivity contribution is 8.00. The molecule has 8 nitrogen and oxygen atoms in total. The zero-order chi connectivity index (χ0) is 19.0. The van der Waals surface area contributed by atoms with Crippen LogP contribution < -0.4 is 5.32 Å². The molecule has 0 spiro atoms. The van der Waals surface area contributed by atoms with Crippen LogP contribution in [0.5, 0.6) is 0 Å². The molecule has 1 fully saturated rings. The smallest absolute Gasteiger partial charge is 0.355 e. The minimum Gasteiger partial charge on any atom is -0.478 e. The highest BCUT2D eigenvalue weighted by atomic mass is 32.2. The van der Waals surface area contributed by atoms with E-state index in [4.69, 9.17) is 10.2 Å². The summed E-state index contributed by atoms with van der Waals surface area (Å²) in [4.78, 5) is 47.5. The van der Waals surface area contributed by atoms with Crippen LogP contribution in [0.3, 0.4) is 0 Å². The molecule has 26 heavy (non-hydrogen) atoms. The molecule has 2 atom stereocenters. The third kappa shape index (κ3) is 3.03. The highest BCUT2D eigenvalue weighted by Crippen LogP contribution is 2.40. The van der Waals surface area contributed by atoms with Gasteiger partial charge >= 0.3 is 11.9 Å². The van der Waals surface area contributed by atoms with Crippen LogP contribution in [-0.4, -0.2) is 56.0 Å². The summed E-state index contributed by atoms with van der Waals surface area (Å²) in [5.74, 6) is -5.11. The molecule has 3 rings (SSSR count). The number of carboxylic acids is 2. The van der Waals surface area contributed by atoms with Gasteiger partial charge in [0.05, 0.1) is 12.0 Å². The molecule has 2 amide bonds. The van der Waals surface area contributed by atoms with E-state index in [0.29, 0.717) is 0 Å². The van der Waals surface area contributed by atoms with Crippen molar-refractivity contribution in [3.8, 4) is 0 Å². The maximum atomic E-state index is 13.7. The number of carbonyl (C=O) groups is 4. The van der Waals surface area contributed by atoms with Crippen molar-refractivity contribution >= 4 is 35.5 Å². The summed E-state index contributed by atoms with van der Waals surface area (Å²) in [6.07, 6.45) is -0.250. The molecule has 1 unspecified atom stereocenters. The number of amides is 2. The van der Waals surface area contributed by atoms with Crippen molar-refractivity contribution in [3.63, 3.8) is 0 Å². The number of aliphatic carboxylic acids is 1. The molecule has 3 N–H and O–H groups in total. The molecule has 0 saturated carbocycles. The minimum atomic E-state index is -1.54. The van der Waals surface area contributed by atoms with Gasteiger partial charge in [-0.15, -0.1) is 11.8 Å². The summed E-state index contributed by atoms with van der Waals surface area (Å²) in [6, 6.07) is 5.01. The molecule has 0 radical (unpaired) electrons. The van der Waals surface area contributed by atoms with Crippen molar-refractivity contribution < 1.29 is 33.8 Å². The number of hydrogen-bond acceptors (Lipinski definition) is 5. The van der Waals surface area contributed by atoms with Gasteiger partial charge in [0.1, 0.15) is 17.2 Å². The molecule has 2 aliphatic rings. The monoisotopic (exact) mass is 380 g/mol. The first-order chi connectivity index (χ1) is 12.3. The number of hydrogen-bond donors (Lipinski definition) is 3. The molecule has 2 aliphatic heterocycles. The van der Waals surface area contributed by atoms with Crippen LogP contribution in [0, 0.1) is 0 Å². The lowest BCUT2D eigenvalue weighted by atomic mass is 10.0. The lowest BCUT2D eigenvalue weighted by Gasteiger charge is -2.48. The van der Waals surface area contributed by atoms with E-state index in [1.54, 1.807) is 6.07 Å². The minimum absolute atomic E-state index is 0.0191. The van der Waals surface area contributed by atoms with E-state index < -0.39 is 46.7 Å². The van der Waals surface area contributed by atoms with E-state index in [2.05, 4.69) is 5.32 Å². The fourth-order valence-electron chi connectivity index (χ4n) is 2.86. The van der Waals surface area contributed by atoms with E-state index in [-0.39, 0.29) is 23.3 Å². The van der Waals surface area contributed by atoms with Gasteiger partial charge in [-0.05, 0) is 11.6 Å². The SMILES string of the molecule is O=C(Cc1ccccc1C(=O)O)NC1C(=O)N2C(C(=O)O)=C(F)CS[C@H]12. The number of carboxylic acid groups (broad SMARTS) is 2. The van der Waals surface area contributed by atoms with Gasteiger partial charge in [0, 0.05) is 5.75 Å². The predicted octanol–water partition coefficient (Wildman–Crippen LogP) is 0.593. The Bertz CT molecular complexity index is 855. The maximum absolute atomic E-state index is 13.7. The second kappa shape index (κ2) is 6.79. The molecule has 136 valence electrons. The number of rotatable bonds is 5.